The van der Waals surface area contributed by atoms with Gasteiger partial charge in [0.25, 0.3) is 0 Å². The number of benzene rings is 1. The first-order chi connectivity index (χ1) is 10.1. The van der Waals surface area contributed by atoms with Gasteiger partial charge in [0.1, 0.15) is 0 Å². The van der Waals surface area contributed by atoms with Crippen LogP contribution in [-0.4, -0.2) is 37.0 Å². The fourth-order valence-corrected chi connectivity index (χ4v) is 3.46. The third-order valence-electron chi connectivity index (χ3n) is 4.99. The van der Waals surface area contributed by atoms with Gasteiger partial charge in [0.2, 0.25) is 5.91 Å². The molecule has 112 valence electrons. The van der Waals surface area contributed by atoms with Crippen LogP contribution in [0.15, 0.2) is 30.3 Å². The van der Waals surface area contributed by atoms with Crippen molar-refractivity contribution in [2.75, 3.05) is 20.2 Å². The molecule has 1 saturated heterocycles. The van der Waals surface area contributed by atoms with Crippen LogP contribution >= 0.6 is 0 Å². The van der Waals surface area contributed by atoms with Crippen LogP contribution in [0.2, 0.25) is 0 Å². The van der Waals surface area contributed by atoms with Gasteiger partial charge in [0, 0.05) is 13.1 Å². The molecule has 1 unspecified atom stereocenters. The van der Waals surface area contributed by atoms with E-state index in [0.717, 1.165) is 37.9 Å². The van der Waals surface area contributed by atoms with Gasteiger partial charge in [-0.2, -0.15) is 0 Å². The molecule has 0 N–H and O–H groups in total. The Morgan fingerprint density at radius 1 is 1.24 bits per heavy atom. The fraction of sp³-hybridized carbons (Fsp3) is 0.529. The van der Waals surface area contributed by atoms with Crippen LogP contribution in [0.3, 0.4) is 0 Å². The van der Waals surface area contributed by atoms with Crippen LogP contribution in [0.4, 0.5) is 0 Å². The fourth-order valence-electron chi connectivity index (χ4n) is 3.46. The van der Waals surface area contributed by atoms with Crippen molar-refractivity contribution in [3.63, 3.8) is 0 Å². The topological polar surface area (TPSA) is 46.6 Å². The monoisotopic (exact) mass is 287 g/mol. The number of nitrogens with zero attached hydrogens (tertiary/aromatic N) is 1. The molecule has 2 fully saturated rings. The Morgan fingerprint density at radius 3 is 2.52 bits per heavy atom. The number of methoxy groups -OCH3 is 1. The maximum absolute atomic E-state index is 12.3. The molecule has 1 atom stereocenters. The molecule has 0 bridgehead atoms. The molecule has 1 saturated carbocycles. The van der Waals surface area contributed by atoms with Gasteiger partial charge >= 0.3 is 5.97 Å². The number of hydrogen-bond donors (Lipinski definition) is 0. The van der Waals surface area contributed by atoms with Gasteiger partial charge in [0.15, 0.2) is 0 Å². The van der Waals surface area contributed by atoms with Crippen molar-refractivity contribution in [2.24, 2.45) is 11.3 Å². The predicted molar refractivity (Wildman–Crippen MR) is 78.5 cm³/mol. The van der Waals surface area contributed by atoms with Crippen LogP contribution in [0.25, 0.3) is 0 Å². The molecular formula is C17H21NO3. The van der Waals surface area contributed by atoms with Gasteiger partial charge in [-0.3, -0.25) is 9.59 Å². The lowest BCUT2D eigenvalue weighted by Crippen LogP contribution is -2.40. The minimum atomic E-state index is -0.0842. The summed E-state index contributed by atoms with van der Waals surface area (Å²) in [4.78, 5) is 25.8. The summed E-state index contributed by atoms with van der Waals surface area (Å²) in [6, 6.07) is 9.84. The molecule has 1 aliphatic carbocycles. The van der Waals surface area contributed by atoms with E-state index < -0.39 is 0 Å². The first-order valence-corrected chi connectivity index (χ1v) is 7.54. The maximum Gasteiger partial charge on any atom is 0.309 e. The molecule has 1 heterocycles. The number of likely N-dealkylation sites (tertiary alicyclic amines) is 1. The zero-order chi connectivity index (χ0) is 14.9. The quantitative estimate of drug-likeness (QED) is 0.799. The highest BCUT2D eigenvalue weighted by Crippen LogP contribution is 2.59. The van der Waals surface area contributed by atoms with E-state index in [1.807, 2.05) is 35.2 Å². The normalized spacial score (nSPS) is 22.9. The molecule has 3 rings (SSSR count). The van der Waals surface area contributed by atoms with Crippen LogP contribution in [0.1, 0.15) is 24.8 Å². The van der Waals surface area contributed by atoms with Gasteiger partial charge < -0.3 is 9.64 Å². The molecule has 1 aromatic carbocycles. The zero-order valence-electron chi connectivity index (χ0n) is 12.4. The molecule has 1 aromatic rings. The number of carbonyl (C=O) groups excluding carboxylic acids is 2. The lowest BCUT2D eigenvalue weighted by molar-refractivity contribution is -0.143. The minimum absolute atomic E-state index is 0.0638. The maximum atomic E-state index is 12.3. The summed E-state index contributed by atoms with van der Waals surface area (Å²) < 4.78 is 4.84. The SMILES string of the molecule is COC(=O)C1CC12CCN(C(=O)Cc1ccccc1)CC2. The largest absolute Gasteiger partial charge is 0.469 e. The second-order valence-corrected chi connectivity index (χ2v) is 6.19. The van der Waals surface area contributed by atoms with Crippen LogP contribution in [0.5, 0.6) is 0 Å². The second kappa shape index (κ2) is 5.51. The molecule has 1 amide bonds. The molecular weight excluding hydrogens is 266 g/mol. The molecule has 4 nitrogen and oxygen atoms in total. The van der Waals surface area contributed by atoms with Crippen molar-refractivity contribution in [3.05, 3.63) is 35.9 Å². The Morgan fingerprint density at radius 2 is 1.90 bits per heavy atom. The van der Waals surface area contributed by atoms with Crippen LogP contribution in [-0.2, 0) is 20.7 Å². The summed E-state index contributed by atoms with van der Waals surface area (Å²) in [5, 5.41) is 0. The molecule has 1 aliphatic heterocycles. The third kappa shape index (κ3) is 2.80. The average molecular weight is 287 g/mol. The van der Waals surface area contributed by atoms with E-state index in [4.69, 9.17) is 4.74 Å². The van der Waals surface area contributed by atoms with E-state index >= 15 is 0 Å². The summed E-state index contributed by atoms with van der Waals surface area (Å²) in [7, 11) is 1.45. The lowest BCUT2D eigenvalue weighted by atomic mass is 9.90. The Kier molecular flexibility index (Phi) is 3.70. The number of carbonyl (C=O) groups is 2. The lowest BCUT2D eigenvalue weighted by Gasteiger charge is -2.32. The van der Waals surface area contributed by atoms with E-state index in [1.54, 1.807) is 0 Å². The second-order valence-electron chi connectivity index (χ2n) is 6.19. The molecule has 0 aromatic heterocycles. The standard InChI is InChI=1S/C17H21NO3/c1-21-16(20)14-12-17(14)7-9-18(10-8-17)15(19)11-13-5-3-2-4-6-13/h2-6,14H,7-12H2,1H3. The molecule has 4 heteroatoms. The highest BCUT2D eigenvalue weighted by Gasteiger charge is 2.59. The van der Waals surface area contributed by atoms with Gasteiger partial charge in [-0.15, -0.1) is 0 Å². The number of hydrogen-bond acceptors (Lipinski definition) is 3. The molecule has 1 spiro atoms. The third-order valence-corrected chi connectivity index (χ3v) is 4.99. The summed E-state index contributed by atoms with van der Waals surface area (Å²) in [6.07, 6.45) is 3.25. The Labute approximate surface area is 125 Å². The summed E-state index contributed by atoms with van der Waals surface area (Å²) in [5.74, 6) is 0.166. The molecule has 0 radical (unpaired) electrons. The highest BCUT2D eigenvalue weighted by atomic mass is 16.5. The van der Waals surface area contributed by atoms with E-state index in [1.165, 1.54) is 7.11 Å². The Hall–Kier alpha value is -1.84. The average Bonchev–Trinajstić information content (AvgIpc) is 3.21. The highest BCUT2D eigenvalue weighted by molar-refractivity contribution is 5.79. The van der Waals surface area contributed by atoms with Gasteiger partial charge in [0.05, 0.1) is 19.4 Å². The number of esters is 1. The summed E-state index contributed by atoms with van der Waals surface area (Å²) in [5.41, 5.74) is 1.18. The van der Waals surface area contributed by atoms with Crippen molar-refractivity contribution < 1.29 is 14.3 Å². The molecule has 2 aliphatic rings. The zero-order valence-corrected chi connectivity index (χ0v) is 12.4. The first kappa shape index (κ1) is 14.1. The summed E-state index contributed by atoms with van der Waals surface area (Å²) in [6.45, 7) is 1.53. The Balaban J connectivity index is 1.52. The van der Waals surface area contributed by atoms with Crippen molar-refractivity contribution in [1.29, 1.82) is 0 Å². The number of amides is 1. The van der Waals surface area contributed by atoms with E-state index in [9.17, 15) is 9.59 Å². The number of rotatable bonds is 3. The van der Waals surface area contributed by atoms with Gasteiger partial charge in [-0.05, 0) is 30.2 Å². The van der Waals surface area contributed by atoms with Crippen molar-refractivity contribution >= 4 is 11.9 Å². The van der Waals surface area contributed by atoms with Gasteiger partial charge in [-0.25, -0.2) is 0 Å². The van der Waals surface area contributed by atoms with E-state index in [2.05, 4.69) is 0 Å². The number of ether oxygens (including phenoxy) is 1. The minimum Gasteiger partial charge on any atom is -0.469 e. The number of piperidine rings is 1. The van der Waals surface area contributed by atoms with Crippen LogP contribution < -0.4 is 0 Å². The van der Waals surface area contributed by atoms with Gasteiger partial charge in [-0.1, -0.05) is 30.3 Å². The van der Waals surface area contributed by atoms with Crippen molar-refractivity contribution in [2.45, 2.75) is 25.7 Å². The van der Waals surface area contributed by atoms with Crippen molar-refractivity contribution in [1.82, 2.24) is 4.90 Å². The Bertz CT molecular complexity index is 532. The van der Waals surface area contributed by atoms with Crippen molar-refractivity contribution in [3.8, 4) is 0 Å². The van der Waals surface area contributed by atoms with E-state index in [0.29, 0.717) is 6.42 Å². The van der Waals surface area contributed by atoms with Crippen LogP contribution in [0, 0.1) is 11.3 Å². The molecule has 21 heavy (non-hydrogen) atoms. The smallest absolute Gasteiger partial charge is 0.309 e. The van der Waals surface area contributed by atoms with E-state index in [-0.39, 0.29) is 23.2 Å². The first-order valence-electron chi connectivity index (χ1n) is 7.54. The summed E-state index contributed by atoms with van der Waals surface area (Å²) >= 11 is 0. The predicted octanol–water partition coefficient (Wildman–Crippen LogP) is 2.03.